The molecular formula is C63H102N2O28. The molecule has 4 aliphatic carbocycles. The average Bonchev–Trinajstić information content (AvgIpc) is 1.67. The Hall–Kier alpha value is -2.91. The van der Waals surface area contributed by atoms with Crippen LogP contribution in [0.4, 0.5) is 0 Å². The highest BCUT2D eigenvalue weighted by atomic mass is 16.8. The standard InChI is InChI=1S/C63H102N2O28/c1-25(2)17-29(71)18-26(3)31-19-32(83-10)40-30-11-12-38-60(6,7)39(13-14-62(38,9)63(30,82)16-15-61(31,40)8)91-59-53(47(76)37(24-85-59)90-55-41(64-27(4)69)48(77)43(72)33(20-66)86-55)92-56-42(65-28(5)70)49(78)46(75)36(89-56)23-84-58-54(51(80)45(74)35(22-68)88-58)93-57-52(81)50(79)44(73)34(21-67)87-57/h17,26,31-39,41-59,66-68,72-82H,11-16,18-24H2,1-10H3,(H,64,69)(H,65,70)/t26-,31-,32+,33-,34-,35-,36-,37-,38?,39+,41-,42-,43+,44-,45-,46+,47+,48-,49-,50+,51+,52-,53-,54-,55+,56+,57+,58-,59+,61-,62+,63-/m1/s1. The smallest absolute Gasteiger partial charge is 0.217 e. The predicted octanol–water partition coefficient (Wildman–Crippen LogP) is -3.94. The van der Waals surface area contributed by atoms with Crippen LogP contribution in [-0.4, -0.2) is 294 Å². The SMILES string of the molecule is CO[C@H]1C[C@H]([C@H](C)CC(=O)C=C(C)C)[C@@]2(C)CC[C@@]3(O)C(=C12)CCC1C(C)(C)[C@@H](O[C@@H]2OC[C@@H](O[C@@H]4O[C@H](CO)[C@H](O)[C@H](O)[C@H]4NC(C)=O)[C@H](O)[C@H]2O[C@@H]2O[C@H](CO[C@@H]4O[C@H](CO)[C@@H](O)[C@H](O)[C@H]4O[C@@H]4O[C@H](CO)[C@@H](O)[C@H](O)[C@H]4O)[C@H](O)[C@H](O)[C@H]2NC(C)=O)CC[C@@]13C. The van der Waals surface area contributed by atoms with E-state index in [1.165, 1.54) is 0 Å². The fourth-order valence-corrected chi connectivity index (χ4v) is 17.1. The zero-order valence-corrected chi connectivity index (χ0v) is 54.5. The van der Waals surface area contributed by atoms with Gasteiger partial charge in [0.15, 0.2) is 37.2 Å². The van der Waals surface area contributed by atoms with Crippen LogP contribution in [0, 0.1) is 34.0 Å². The molecule has 16 N–H and O–H groups in total. The number of carbonyl (C=O) groups is 3. The van der Waals surface area contributed by atoms with Crippen LogP contribution in [0.5, 0.6) is 0 Å². The summed E-state index contributed by atoms with van der Waals surface area (Å²) < 4.78 is 68.0. The molecule has 30 nitrogen and oxygen atoms in total. The van der Waals surface area contributed by atoms with Gasteiger partial charge in [-0.1, -0.05) is 40.2 Å². The molecule has 32 atom stereocenters. The zero-order chi connectivity index (χ0) is 68.3. The van der Waals surface area contributed by atoms with E-state index in [0.717, 1.165) is 30.6 Å². The van der Waals surface area contributed by atoms with Gasteiger partial charge in [0.2, 0.25) is 11.8 Å². The molecule has 532 valence electrons. The van der Waals surface area contributed by atoms with E-state index in [0.29, 0.717) is 51.4 Å². The van der Waals surface area contributed by atoms with Gasteiger partial charge in [-0.3, -0.25) is 14.4 Å². The van der Waals surface area contributed by atoms with Crippen molar-refractivity contribution in [2.75, 3.05) is 40.1 Å². The number of rotatable bonds is 21. The molecule has 0 bridgehead atoms. The van der Waals surface area contributed by atoms with Crippen LogP contribution in [0.15, 0.2) is 22.8 Å². The largest absolute Gasteiger partial charge is 0.394 e. The van der Waals surface area contributed by atoms with Crippen molar-refractivity contribution in [3.8, 4) is 0 Å². The average molecular weight is 1340 g/mol. The fourth-order valence-electron chi connectivity index (χ4n) is 17.1. The summed E-state index contributed by atoms with van der Waals surface area (Å²) in [7, 11) is 1.70. The van der Waals surface area contributed by atoms with E-state index in [4.69, 9.17) is 52.1 Å². The van der Waals surface area contributed by atoms with Crippen LogP contribution in [0.1, 0.15) is 114 Å². The molecule has 5 heterocycles. The maximum Gasteiger partial charge on any atom is 0.217 e. The quantitative estimate of drug-likeness (QED) is 0.0296. The Morgan fingerprint density at radius 2 is 1.14 bits per heavy atom. The topological polar surface area (TPSA) is 460 Å². The lowest BCUT2D eigenvalue weighted by molar-refractivity contribution is -0.380. The first kappa shape index (κ1) is 74.3. The maximum absolute atomic E-state index is 13.6. The predicted molar refractivity (Wildman–Crippen MR) is 317 cm³/mol. The van der Waals surface area contributed by atoms with Crippen molar-refractivity contribution >= 4 is 17.6 Å². The van der Waals surface area contributed by atoms with E-state index in [2.05, 4.69) is 31.4 Å². The van der Waals surface area contributed by atoms with Gasteiger partial charge in [-0.15, -0.1) is 0 Å². The van der Waals surface area contributed by atoms with Crippen molar-refractivity contribution in [2.45, 2.75) is 279 Å². The van der Waals surface area contributed by atoms with E-state index in [1.807, 2.05) is 27.7 Å². The molecule has 0 aromatic carbocycles. The Bertz CT molecular complexity index is 2650. The Balaban J connectivity index is 1.00. The number of hydrogen-bond donors (Lipinski definition) is 16. The minimum absolute atomic E-state index is 0.0467. The highest BCUT2D eigenvalue weighted by Gasteiger charge is 2.68. The van der Waals surface area contributed by atoms with Crippen LogP contribution in [0.25, 0.3) is 0 Å². The molecular weight excluding hydrogens is 1230 g/mol. The normalized spacial score (nSPS) is 47.7. The van der Waals surface area contributed by atoms with Crippen molar-refractivity contribution in [1.29, 1.82) is 0 Å². The lowest BCUT2D eigenvalue weighted by Crippen LogP contribution is -2.69. The molecule has 30 heteroatoms. The molecule has 3 saturated carbocycles. The monoisotopic (exact) mass is 1330 g/mol. The Labute approximate surface area is 540 Å². The second-order valence-electron chi connectivity index (χ2n) is 28.6. The number of amides is 2. The Morgan fingerprint density at radius 3 is 1.72 bits per heavy atom. The van der Waals surface area contributed by atoms with Crippen molar-refractivity contribution in [1.82, 2.24) is 10.6 Å². The van der Waals surface area contributed by atoms with Gasteiger partial charge in [0, 0.05) is 32.8 Å². The molecule has 9 rings (SSSR count). The third kappa shape index (κ3) is 14.2. The van der Waals surface area contributed by atoms with Crippen LogP contribution in [0.3, 0.4) is 0 Å². The van der Waals surface area contributed by atoms with E-state index in [9.17, 15) is 85.9 Å². The molecule has 93 heavy (non-hydrogen) atoms. The number of methoxy groups -OCH3 is 1. The first-order chi connectivity index (χ1) is 43.7. The molecule has 2 amide bonds. The molecule has 0 aromatic heterocycles. The number of ether oxygens (including phenoxy) is 11. The van der Waals surface area contributed by atoms with E-state index in [1.54, 1.807) is 13.2 Å². The van der Waals surface area contributed by atoms with Gasteiger partial charge >= 0.3 is 0 Å². The Kier molecular flexibility index (Phi) is 23.6. The number of ketones is 1. The minimum Gasteiger partial charge on any atom is -0.394 e. The van der Waals surface area contributed by atoms with E-state index >= 15 is 0 Å². The summed E-state index contributed by atoms with van der Waals surface area (Å²) >= 11 is 0. The van der Waals surface area contributed by atoms with Gasteiger partial charge in [-0.25, -0.2) is 0 Å². The summed E-state index contributed by atoms with van der Waals surface area (Å²) in [5, 5.41) is 161. The third-order valence-corrected chi connectivity index (χ3v) is 22.1. The maximum atomic E-state index is 13.6. The zero-order valence-electron chi connectivity index (χ0n) is 54.5. The van der Waals surface area contributed by atoms with Gasteiger partial charge in [0.25, 0.3) is 0 Å². The lowest BCUT2D eigenvalue weighted by atomic mass is 9.42. The second kappa shape index (κ2) is 29.5. The summed E-state index contributed by atoms with van der Waals surface area (Å²) in [6.45, 7) is 12.8. The summed E-state index contributed by atoms with van der Waals surface area (Å²) in [4.78, 5) is 38.6. The second-order valence-corrected chi connectivity index (χ2v) is 28.6. The van der Waals surface area contributed by atoms with Crippen LogP contribution in [0.2, 0.25) is 0 Å². The van der Waals surface area contributed by atoms with Crippen LogP contribution < -0.4 is 10.6 Å². The van der Waals surface area contributed by atoms with Crippen LogP contribution in [-0.2, 0) is 66.5 Å². The van der Waals surface area contributed by atoms with Crippen molar-refractivity contribution in [3.05, 3.63) is 22.8 Å². The third-order valence-electron chi connectivity index (χ3n) is 22.1. The number of hydrogen-bond acceptors (Lipinski definition) is 28. The van der Waals surface area contributed by atoms with Gasteiger partial charge < -0.3 is 134 Å². The van der Waals surface area contributed by atoms with Crippen molar-refractivity contribution < 1.29 is 138 Å². The molecule has 0 spiro atoms. The van der Waals surface area contributed by atoms with Gasteiger partial charge in [0.1, 0.15) is 116 Å². The van der Waals surface area contributed by atoms with Crippen LogP contribution >= 0.6 is 0 Å². The molecule has 1 unspecified atom stereocenters. The van der Waals surface area contributed by atoms with Gasteiger partial charge in [0.05, 0.1) is 50.8 Å². The van der Waals surface area contributed by atoms with E-state index in [-0.39, 0.29) is 35.1 Å². The molecule has 0 aromatic rings. The fraction of sp³-hybridized carbons (Fsp3) is 0.889. The number of nitrogens with one attached hydrogen (secondary N) is 2. The number of fused-ring (bicyclic) bond motifs is 4. The summed E-state index contributed by atoms with van der Waals surface area (Å²) in [5.74, 6) is -1.36. The molecule has 9 aliphatic rings. The Morgan fingerprint density at radius 1 is 0.613 bits per heavy atom. The summed E-state index contributed by atoms with van der Waals surface area (Å²) in [6.07, 6.45) is -34.1. The number of carbonyl (C=O) groups excluding carboxylic acids is 3. The minimum atomic E-state index is -2.00. The molecule has 8 fully saturated rings. The molecule has 0 radical (unpaired) electrons. The van der Waals surface area contributed by atoms with Gasteiger partial charge in [-0.05, 0) is 105 Å². The highest BCUT2D eigenvalue weighted by Crippen LogP contribution is 2.70. The number of allylic oxidation sites excluding steroid dienone is 2. The number of aliphatic hydroxyl groups excluding tert-OH is 13. The van der Waals surface area contributed by atoms with E-state index < -0.39 is 215 Å². The van der Waals surface area contributed by atoms with Gasteiger partial charge in [-0.2, -0.15) is 0 Å². The lowest BCUT2D eigenvalue weighted by Gasteiger charge is -2.65. The summed E-state index contributed by atoms with van der Waals surface area (Å²) in [6, 6.07) is -3.13. The first-order valence-corrected chi connectivity index (χ1v) is 32.5. The highest BCUT2D eigenvalue weighted by molar-refractivity contribution is 5.90. The molecule has 5 aliphatic heterocycles. The summed E-state index contributed by atoms with van der Waals surface area (Å²) in [5.41, 5.74) is -0.0157. The van der Waals surface area contributed by atoms with Crippen molar-refractivity contribution in [3.63, 3.8) is 0 Å². The van der Waals surface area contributed by atoms with Crippen molar-refractivity contribution in [2.24, 2.45) is 34.0 Å². The number of aliphatic hydroxyl groups is 14. The first-order valence-electron chi connectivity index (χ1n) is 32.5. The molecule has 5 saturated heterocycles.